The third-order valence-electron chi connectivity index (χ3n) is 3.93. The average molecular weight is 274 g/mol. The average Bonchev–Trinajstić information content (AvgIpc) is 3.12. The summed E-state index contributed by atoms with van der Waals surface area (Å²) in [4.78, 5) is 0. The normalized spacial score (nSPS) is 21.9. The van der Waals surface area contributed by atoms with Gasteiger partial charge in [-0.25, -0.2) is 0 Å². The molecular weight excluding hydrogens is 261 g/mol. The molecule has 20 heavy (non-hydrogen) atoms. The Morgan fingerprint density at radius 1 is 0.850 bits per heavy atom. The fraction of sp³-hybridized carbons (Fsp3) is 0.176. The lowest BCUT2D eigenvalue weighted by molar-refractivity contribution is -0.137. The summed E-state index contributed by atoms with van der Waals surface area (Å²) < 4.78 is 37.8. The topological polar surface area (TPSA) is 0 Å². The lowest BCUT2D eigenvalue weighted by atomic mass is 9.87. The van der Waals surface area contributed by atoms with Gasteiger partial charge in [-0.05, 0) is 29.7 Å². The Bertz CT molecular complexity index is 638. The van der Waals surface area contributed by atoms with Gasteiger partial charge in [0.1, 0.15) is 0 Å². The number of rotatable bonds is 2. The van der Waals surface area contributed by atoms with Gasteiger partial charge in [-0.3, -0.25) is 0 Å². The van der Waals surface area contributed by atoms with Gasteiger partial charge in [0, 0.05) is 5.41 Å². The molecule has 1 aliphatic carbocycles. The zero-order chi connectivity index (χ0) is 14.4. The molecule has 0 bridgehead atoms. The van der Waals surface area contributed by atoms with E-state index in [1.807, 2.05) is 30.3 Å². The molecule has 0 amide bonds. The Morgan fingerprint density at radius 2 is 1.35 bits per heavy atom. The van der Waals surface area contributed by atoms with E-state index in [1.165, 1.54) is 0 Å². The molecule has 0 heterocycles. The monoisotopic (exact) mass is 274 g/mol. The summed E-state index contributed by atoms with van der Waals surface area (Å²) in [6.45, 7) is 4.02. The summed E-state index contributed by atoms with van der Waals surface area (Å²) in [5.41, 5.74) is 2.09. The number of alkyl halides is 3. The van der Waals surface area contributed by atoms with Gasteiger partial charge >= 0.3 is 6.18 Å². The first-order valence-electron chi connectivity index (χ1n) is 6.36. The minimum atomic E-state index is -4.29. The first-order chi connectivity index (χ1) is 9.44. The SMILES string of the molecule is C=C1CC1(c1ccccc1)c1ccc(C(F)(F)F)cc1. The van der Waals surface area contributed by atoms with Crippen LogP contribution in [-0.4, -0.2) is 0 Å². The van der Waals surface area contributed by atoms with Crippen LogP contribution in [0, 0.1) is 0 Å². The summed E-state index contributed by atoms with van der Waals surface area (Å²) >= 11 is 0. The first kappa shape index (κ1) is 13.0. The lowest BCUT2D eigenvalue weighted by Crippen LogP contribution is -2.10. The molecule has 0 nitrogen and oxygen atoms in total. The Morgan fingerprint density at radius 3 is 1.80 bits per heavy atom. The van der Waals surface area contributed by atoms with Crippen LogP contribution in [0.3, 0.4) is 0 Å². The molecule has 3 heteroatoms. The summed E-state index contributed by atoms with van der Waals surface area (Å²) in [5.74, 6) is 0. The van der Waals surface area contributed by atoms with Crippen LogP contribution in [0.15, 0.2) is 66.7 Å². The van der Waals surface area contributed by atoms with E-state index in [1.54, 1.807) is 12.1 Å². The highest BCUT2D eigenvalue weighted by Crippen LogP contribution is 2.57. The standard InChI is InChI=1S/C17H13F3/c1-12-11-16(12,13-5-3-2-4-6-13)14-7-9-15(10-8-14)17(18,19)20/h2-10H,1,11H2. The second kappa shape index (κ2) is 4.23. The predicted molar refractivity (Wildman–Crippen MR) is 72.4 cm³/mol. The molecule has 0 N–H and O–H groups in total. The molecule has 3 rings (SSSR count). The number of hydrogen-bond donors (Lipinski definition) is 0. The third kappa shape index (κ3) is 1.94. The van der Waals surface area contributed by atoms with Crippen LogP contribution < -0.4 is 0 Å². The van der Waals surface area contributed by atoms with Crippen molar-refractivity contribution < 1.29 is 13.2 Å². The van der Waals surface area contributed by atoms with Crippen molar-refractivity contribution in [3.8, 4) is 0 Å². The molecule has 0 aromatic heterocycles. The van der Waals surface area contributed by atoms with Crippen LogP contribution in [-0.2, 0) is 11.6 Å². The van der Waals surface area contributed by atoms with Crippen molar-refractivity contribution in [3.63, 3.8) is 0 Å². The van der Waals surface area contributed by atoms with Gasteiger partial charge in [-0.1, -0.05) is 54.6 Å². The van der Waals surface area contributed by atoms with Crippen molar-refractivity contribution in [2.45, 2.75) is 18.0 Å². The van der Waals surface area contributed by atoms with Crippen LogP contribution in [0.25, 0.3) is 0 Å². The fourth-order valence-electron chi connectivity index (χ4n) is 2.72. The Balaban J connectivity index is 2.02. The molecule has 0 radical (unpaired) electrons. The number of halogens is 3. The molecule has 0 saturated heterocycles. The molecule has 1 atom stereocenters. The Hall–Kier alpha value is -2.03. The highest BCUT2D eigenvalue weighted by molar-refractivity contribution is 5.59. The Labute approximate surface area is 115 Å². The van der Waals surface area contributed by atoms with Crippen molar-refractivity contribution in [3.05, 3.63) is 83.4 Å². The zero-order valence-corrected chi connectivity index (χ0v) is 10.7. The summed E-state index contributed by atoms with van der Waals surface area (Å²) in [7, 11) is 0. The fourth-order valence-corrected chi connectivity index (χ4v) is 2.72. The van der Waals surface area contributed by atoms with Gasteiger partial charge in [-0.15, -0.1) is 0 Å². The minimum absolute atomic E-state index is 0.300. The van der Waals surface area contributed by atoms with Crippen molar-refractivity contribution in [1.82, 2.24) is 0 Å². The van der Waals surface area contributed by atoms with Crippen LogP contribution in [0.4, 0.5) is 13.2 Å². The highest BCUT2D eigenvalue weighted by Gasteiger charge is 2.50. The highest BCUT2D eigenvalue weighted by atomic mass is 19.4. The second-order valence-corrected chi connectivity index (χ2v) is 5.13. The van der Waals surface area contributed by atoms with E-state index >= 15 is 0 Å². The molecular formula is C17H13F3. The molecule has 1 saturated carbocycles. The van der Waals surface area contributed by atoms with E-state index in [-0.39, 0.29) is 5.41 Å². The maximum Gasteiger partial charge on any atom is 0.416 e. The smallest absolute Gasteiger partial charge is 0.166 e. The van der Waals surface area contributed by atoms with Crippen LogP contribution in [0.1, 0.15) is 23.1 Å². The van der Waals surface area contributed by atoms with Crippen molar-refractivity contribution >= 4 is 0 Å². The molecule has 0 spiro atoms. The van der Waals surface area contributed by atoms with E-state index < -0.39 is 11.7 Å². The van der Waals surface area contributed by atoms with E-state index in [4.69, 9.17) is 0 Å². The maximum absolute atomic E-state index is 12.6. The van der Waals surface area contributed by atoms with Crippen LogP contribution >= 0.6 is 0 Å². The largest absolute Gasteiger partial charge is 0.416 e. The van der Waals surface area contributed by atoms with Crippen LogP contribution in [0.2, 0.25) is 0 Å². The minimum Gasteiger partial charge on any atom is -0.166 e. The summed E-state index contributed by atoms with van der Waals surface area (Å²) in [5, 5.41) is 0. The molecule has 102 valence electrons. The van der Waals surface area contributed by atoms with Gasteiger partial charge < -0.3 is 0 Å². The summed E-state index contributed by atoms with van der Waals surface area (Å²) in [6.07, 6.45) is -3.50. The van der Waals surface area contributed by atoms with Crippen molar-refractivity contribution in [2.24, 2.45) is 0 Å². The molecule has 0 aliphatic heterocycles. The van der Waals surface area contributed by atoms with Crippen LogP contribution in [0.5, 0.6) is 0 Å². The van der Waals surface area contributed by atoms with Gasteiger partial charge in [0.2, 0.25) is 0 Å². The third-order valence-corrected chi connectivity index (χ3v) is 3.93. The number of allylic oxidation sites excluding steroid dienone is 1. The molecule has 1 fully saturated rings. The quantitative estimate of drug-likeness (QED) is 0.680. The molecule has 1 unspecified atom stereocenters. The molecule has 1 aliphatic rings. The van der Waals surface area contributed by atoms with Gasteiger partial charge in [-0.2, -0.15) is 13.2 Å². The molecule has 2 aromatic rings. The second-order valence-electron chi connectivity index (χ2n) is 5.13. The first-order valence-corrected chi connectivity index (χ1v) is 6.36. The van der Waals surface area contributed by atoms with Gasteiger partial charge in [0.25, 0.3) is 0 Å². The van der Waals surface area contributed by atoms with E-state index in [0.29, 0.717) is 0 Å². The van der Waals surface area contributed by atoms with E-state index in [2.05, 4.69) is 6.58 Å². The van der Waals surface area contributed by atoms with Crippen molar-refractivity contribution in [1.29, 1.82) is 0 Å². The number of benzene rings is 2. The number of hydrogen-bond acceptors (Lipinski definition) is 0. The zero-order valence-electron chi connectivity index (χ0n) is 10.7. The summed E-state index contributed by atoms with van der Waals surface area (Å²) in [6, 6.07) is 15.2. The van der Waals surface area contributed by atoms with Gasteiger partial charge in [0.15, 0.2) is 0 Å². The lowest BCUT2D eigenvalue weighted by Gasteiger charge is -2.17. The van der Waals surface area contributed by atoms with E-state index in [0.717, 1.165) is 35.3 Å². The predicted octanol–water partition coefficient (Wildman–Crippen LogP) is 4.95. The Kier molecular flexibility index (Phi) is 2.75. The maximum atomic E-state index is 12.6. The van der Waals surface area contributed by atoms with E-state index in [9.17, 15) is 13.2 Å². The van der Waals surface area contributed by atoms with Crippen molar-refractivity contribution in [2.75, 3.05) is 0 Å². The van der Waals surface area contributed by atoms with Gasteiger partial charge in [0.05, 0.1) is 5.56 Å². The molecule has 2 aromatic carbocycles.